The van der Waals surface area contributed by atoms with E-state index in [0.717, 1.165) is 0 Å². The molecule has 0 radical (unpaired) electrons. The molecule has 11 nitrogen and oxygen atoms in total. The lowest BCUT2D eigenvalue weighted by atomic mass is 10.0. The zero-order valence-corrected chi connectivity index (χ0v) is 17.4. The molecule has 0 aliphatic heterocycles. The van der Waals surface area contributed by atoms with Crippen LogP contribution in [-0.2, 0) is 24.0 Å². The average Bonchev–Trinajstić information content (AvgIpc) is 2.60. The minimum Gasteiger partial charge on any atom is -0.480 e. The summed E-state index contributed by atoms with van der Waals surface area (Å²) in [5.74, 6) is -3.95. The predicted octanol–water partition coefficient (Wildman–Crippen LogP) is -1.55. The number of aliphatic carboxylic acids is 1. The zero-order valence-electron chi connectivity index (χ0n) is 17.4. The Morgan fingerprint density at radius 3 is 1.97 bits per heavy atom. The second-order valence-electron chi connectivity index (χ2n) is 7.64. The third kappa shape index (κ3) is 11.0. The van der Waals surface area contributed by atoms with Gasteiger partial charge in [-0.2, -0.15) is 0 Å². The highest BCUT2D eigenvalue weighted by Crippen LogP contribution is 2.06. The van der Waals surface area contributed by atoms with E-state index < -0.39 is 54.3 Å². The maximum Gasteiger partial charge on any atom is 0.326 e. The van der Waals surface area contributed by atoms with Crippen LogP contribution in [-0.4, -0.2) is 59.4 Å². The number of carboxylic acid groups (broad SMARTS) is 1. The van der Waals surface area contributed by atoms with E-state index in [0.29, 0.717) is 0 Å². The summed E-state index contributed by atoms with van der Waals surface area (Å²) in [4.78, 5) is 58.8. The first-order valence-electron chi connectivity index (χ1n) is 9.49. The lowest BCUT2D eigenvalue weighted by Gasteiger charge is -2.22. The summed E-state index contributed by atoms with van der Waals surface area (Å²) in [6, 6.07) is -3.11. The van der Waals surface area contributed by atoms with Crippen LogP contribution in [0.2, 0.25) is 0 Å². The summed E-state index contributed by atoms with van der Waals surface area (Å²) in [6.45, 7) is 6.70. The maximum atomic E-state index is 12.5. The monoisotopic (exact) mass is 415 g/mol. The largest absolute Gasteiger partial charge is 0.480 e. The van der Waals surface area contributed by atoms with E-state index in [9.17, 15) is 29.1 Å². The summed E-state index contributed by atoms with van der Waals surface area (Å²) in [7, 11) is 0. The molecule has 4 amide bonds. The van der Waals surface area contributed by atoms with Crippen LogP contribution in [0, 0.1) is 11.8 Å². The van der Waals surface area contributed by atoms with Gasteiger partial charge >= 0.3 is 5.97 Å². The highest BCUT2D eigenvalue weighted by molar-refractivity contribution is 5.92. The molecule has 11 heteroatoms. The van der Waals surface area contributed by atoms with Crippen molar-refractivity contribution in [3.05, 3.63) is 0 Å². The molecule has 0 aromatic heterocycles. The normalized spacial score (nSPS) is 14.0. The molecule has 3 unspecified atom stereocenters. The Labute approximate surface area is 170 Å². The summed E-state index contributed by atoms with van der Waals surface area (Å²) in [6.07, 6.45) is -0.105. The van der Waals surface area contributed by atoms with Crippen LogP contribution in [0.15, 0.2) is 0 Å². The van der Waals surface area contributed by atoms with Gasteiger partial charge in [0.1, 0.15) is 12.1 Å². The Kier molecular flexibility index (Phi) is 11.5. The van der Waals surface area contributed by atoms with Crippen molar-refractivity contribution in [3.63, 3.8) is 0 Å². The van der Waals surface area contributed by atoms with E-state index in [1.54, 1.807) is 27.7 Å². The van der Waals surface area contributed by atoms with Crippen LogP contribution in [0.3, 0.4) is 0 Å². The van der Waals surface area contributed by atoms with Gasteiger partial charge in [-0.1, -0.05) is 27.7 Å². The summed E-state index contributed by atoms with van der Waals surface area (Å²) in [5, 5.41) is 16.4. The molecule has 0 saturated carbocycles. The van der Waals surface area contributed by atoms with Crippen molar-refractivity contribution in [2.75, 3.05) is 6.54 Å². The fraction of sp³-hybridized carbons (Fsp3) is 0.722. The number of carboxylic acids is 1. The number of amides is 4. The Morgan fingerprint density at radius 1 is 0.931 bits per heavy atom. The van der Waals surface area contributed by atoms with Crippen molar-refractivity contribution in [2.45, 2.75) is 65.1 Å². The fourth-order valence-corrected chi connectivity index (χ4v) is 2.35. The Balaban J connectivity index is 5.00. The number of hydrogen-bond acceptors (Lipinski definition) is 6. The molecule has 0 fully saturated rings. The predicted molar refractivity (Wildman–Crippen MR) is 105 cm³/mol. The molecule has 0 rings (SSSR count). The highest BCUT2D eigenvalue weighted by atomic mass is 16.4. The van der Waals surface area contributed by atoms with E-state index >= 15 is 0 Å². The summed E-state index contributed by atoms with van der Waals surface area (Å²) >= 11 is 0. The van der Waals surface area contributed by atoms with E-state index in [2.05, 4.69) is 16.0 Å². The Hall–Kier alpha value is -2.69. The first kappa shape index (κ1) is 26.3. The molecular weight excluding hydrogens is 382 g/mol. The van der Waals surface area contributed by atoms with E-state index in [1.165, 1.54) is 0 Å². The minimum atomic E-state index is -1.21. The van der Waals surface area contributed by atoms with Crippen LogP contribution in [0.4, 0.5) is 0 Å². The van der Waals surface area contributed by atoms with Crippen molar-refractivity contribution in [3.8, 4) is 0 Å². The van der Waals surface area contributed by atoms with Gasteiger partial charge in [0, 0.05) is 6.42 Å². The Morgan fingerprint density at radius 2 is 1.52 bits per heavy atom. The van der Waals surface area contributed by atoms with Gasteiger partial charge in [0.05, 0.1) is 12.6 Å². The van der Waals surface area contributed by atoms with E-state index in [-0.39, 0.29) is 31.1 Å². The smallest absolute Gasteiger partial charge is 0.326 e. The Bertz CT molecular complexity index is 608. The first-order chi connectivity index (χ1) is 13.3. The molecule has 29 heavy (non-hydrogen) atoms. The van der Waals surface area contributed by atoms with E-state index in [1.807, 2.05) is 0 Å². The van der Waals surface area contributed by atoms with E-state index in [4.69, 9.17) is 11.5 Å². The quantitative estimate of drug-likeness (QED) is 0.209. The van der Waals surface area contributed by atoms with Crippen molar-refractivity contribution in [2.24, 2.45) is 23.3 Å². The van der Waals surface area contributed by atoms with Gasteiger partial charge in [-0.15, -0.1) is 0 Å². The molecule has 0 bridgehead atoms. The zero-order chi connectivity index (χ0) is 22.7. The number of carbonyl (C=O) groups excluding carboxylic acids is 4. The standard InChI is InChI=1S/C18H33N5O6/c1-9(2)7-12(18(28)29)23-16(26)11(5-6-13(19)24)22-14(25)8-21-17(27)15(20)10(3)4/h9-12,15H,5-8,20H2,1-4H3,(H2,19,24)(H,21,27)(H,22,25)(H,23,26)(H,28,29). The van der Waals surface area contributed by atoms with Crippen LogP contribution in [0.1, 0.15) is 47.0 Å². The number of nitrogens with one attached hydrogen (secondary N) is 3. The van der Waals surface area contributed by atoms with Gasteiger partial charge in [0.2, 0.25) is 23.6 Å². The number of hydrogen-bond donors (Lipinski definition) is 6. The van der Waals surface area contributed by atoms with Gasteiger partial charge in [-0.3, -0.25) is 19.2 Å². The van der Waals surface area contributed by atoms with Crippen LogP contribution in [0.5, 0.6) is 0 Å². The highest BCUT2D eigenvalue weighted by Gasteiger charge is 2.27. The lowest BCUT2D eigenvalue weighted by Crippen LogP contribution is -2.54. The molecule has 0 aromatic rings. The van der Waals surface area contributed by atoms with Gasteiger partial charge in [0.15, 0.2) is 0 Å². The van der Waals surface area contributed by atoms with Gasteiger partial charge < -0.3 is 32.5 Å². The topological polar surface area (TPSA) is 194 Å². The van der Waals surface area contributed by atoms with Gasteiger partial charge in [0.25, 0.3) is 0 Å². The summed E-state index contributed by atoms with van der Waals surface area (Å²) < 4.78 is 0. The molecular formula is C18H33N5O6. The van der Waals surface area contributed by atoms with Crippen molar-refractivity contribution in [1.29, 1.82) is 0 Å². The SMILES string of the molecule is CC(C)CC(NC(=O)C(CCC(N)=O)NC(=O)CNC(=O)C(N)C(C)C)C(=O)O. The molecule has 166 valence electrons. The number of primary amides is 1. The van der Waals surface area contributed by atoms with Gasteiger partial charge in [-0.25, -0.2) is 4.79 Å². The van der Waals surface area contributed by atoms with Crippen LogP contribution < -0.4 is 27.4 Å². The van der Waals surface area contributed by atoms with Crippen molar-refractivity contribution >= 4 is 29.6 Å². The minimum absolute atomic E-state index is 0.00967. The van der Waals surface area contributed by atoms with Crippen molar-refractivity contribution in [1.82, 2.24) is 16.0 Å². The molecule has 0 aliphatic rings. The van der Waals surface area contributed by atoms with Crippen molar-refractivity contribution < 1.29 is 29.1 Å². The number of rotatable bonds is 13. The molecule has 0 spiro atoms. The average molecular weight is 415 g/mol. The third-order valence-corrected chi connectivity index (χ3v) is 4.10. The molecule has 0 saturated heterocycles. The fourth-order valence-electron chi connectivity index (χ4n) is 2.35. The summed E-state index contributed by atoms with van der Waals surface area (Å²) in [5.41, 5.74) is 10.8. The molecule has 8 N–H and O–H groups in total. The molecule has 0 aromatic carbocycles. The maximum absolute atomic E-state index is 12.5. The van der Waals surface area contributed by atoms with Gasteiger partial charge in [-0.05, 0) is 24.7 Å². The van der Waals surface area contributed by atoms with Crippen LogP contribution in [0.25, 0.3) is 0 Å². The molecule has 0 aliphatic carbocycles. The van der Waals surface area contributed by atoms with Crippen LogP contribution >= 0.6 is 0 Å². The lowest BCUT2D eigenvalue weighted by molar-refractivity contribution is -0.142. The molecule has 3 atom stereocenters. The molecule has 0 heterocycles. The first-order valence-corrected chi connectivity index (χ1v) is 9.49. The number of nitrogens with two attached hydrogens (primary N) is 2. The number of carbonyl (C=O) groups is 5. The second-order valence-corrected chi connectivity index (χ2v) is 7.64. The third-order valence-electron chi connectivity index (χ3n) is 4.10. The second kappa shape index (κ2) is 12.7.